The van der Waals surface area contributed by atoms with Crippen LogP contribution in [0.3, 0.4) is 0 Å². The van der Waals surface area contributed by atoms with Crippen molar-refractivity contribution in [1.29, 1.82) is 0 Å². The summed E-state index contributed by atoms with van der Waals surface area (Å²) in [6, 6.07) is 9.22. The zero-order chi connectivity index (χ0) is 17.5. The fourth-order valence-electron chi connectivity index (χ4n) is 2.93. The smallest absolute Gasteiger partial charge is 0.410 e. The highest BCUT2D eigenvalue weighted by molar-refractivity contribution is 5.69. The molecule has 0 saturated carbocycles. The quantitative estimate of drug-likeness (QED) is 0.870. The van der Waals surface area contributed by atoms with Crippen molar-refractivity contribution < 1.29 is 14.6 Å². The molecule has 1 amide bonds. The van der Waals surface area contributed by atoms with Gasteiger partial charge in [0.1, 0.15) is 5.60 Å². The van der Waals surface area contributed by atoms with Gasteiger partial charge >= 0.3 is 6.09 Å². The van der Waals surface area contributed by atoms with Gasteiger partial charge in [-0.25, -0.2) is 9.48 Å². The first-order valence-electron chi connectivity index (χ1n) is 8.14. The fourth-order valence-corrected chi connectivity index (χ4v) is 2.93. The van der Waals surface area contributed by atoms with Crippen LogP contribution in [-0.2, 0) is 11.2 Å². The van der Waals surface area contributed by atoms with Crippen molar-refractivity contribution in [3.05, 3.63) is 41.6 Å². The van der Waals surface area contributed by atoms with E-state index in [4.69, 9.17) is 4.74 Å². The number of aromatic nitrogens is 2. The van der Waals surface area contributed by atoms with Crippen LogP contribution in [0, 0.1) is 0 Å². The summed E-state index contributed by atoms with van der Waals surface area (Å²) in [6.07, 6.45) is 0.201. The van der Waals surface area contributed by atoms with Crippen LogP contribution in [0.4, 0.5) is 4.79 Å². The summed E-state index contributed by atoms with van der Waals surface area (Å²) < 4.78 is 7.00. The van der Waals surface area contributed by atoms with E-state index in [0.717, 1.165) is 11.3 Å². The lowest BCUT2D eigenvalue weighted by atomic mass is 10.0. The predicted molar refractivity (Wildman–Crippen MR) is 90.3 cm³/mol. The first-order chi connectivity index (χ1) is 11.3. The Kier molecular flexibility index (Phi) is 3.99. The van der Waals surface area contributed by atoms with Crippen molar-refractivity contribution in [2.24, 2.45) is 0 Å². The molecule has 1 atom stereocenters. The maximum absolute atomic E-state index is 12.4. The van der Waals surface area contributed by atoms with Crippen molar-refractivity contribution in [3.63, 3.8) is 0 Å². The van der Waals surface area contributed by atoms with E-state index in [9.17, 15) is 9.90 Å². The number of rotatable bonds is 1. The Labute approximate surface area is 141 Å². The molecule has 128 valence electrons. The van der Waals surface area contributed by atoms with E-state index >= 15 is 0 Å². The largest absolute Gasteiger partial charge is 0.493 e. The lowest BCUT2D eigenvalue weighted by Crippen LogP contribution is -2.42. The zero-order valence-corrected chi connectivity index (χ0v) is 14.5. The number of hydrogen-bond donors (Lipinski definition) is 1. The van der Waals surface area contributed by atoms with Gasteiger partial charge in [-0.1, -0.05) is 18.2 Å². The topological polar surface area (TPSA) is 67.6 Å². The Morgan fingerprint density at radius 2 is 1.96 bits per heavy atom. The number of fused-ring (bicyclic) bond motifs is 1. The molecule has 6 nitrogen and oxygen atoms in total. The molecule has 0 aliphatic carbocycles. The first kappa shape index (κ1) is 16.4. The first-order valence-corrected chi connectivity index (χ1v) is 8.14. The van der Waals surface area contributed by atoms with Gasteiger partial charge in [-0.05, 0) is 46.2 Å². The minimum Gasteiger partial charge on any atom is -0.493 e. The second-order valence-corrected chi connectivity index (χ2v) is 7.03. The Morgan fingerprint density at radius 3 is 2.58 bits per heavy atom. The highest BCUT2D eigenvalue weighted by atomic mass is 16.6. The van der Waals surface area contributed by atoms with Gasteiger partial charge in [-0.2, -0.15) is 5.10 Å². The van der Waals surface area contributed by atoms with Crippen LogP contribution in [0.15, 0.2) is 30.3 Å². The molecule has 1 aliphatic rings. The van der Waals surface area contributed by atoms with Crippen LogP contribution >= 0.6 is 0 Å². The summed E-state index contributed by atoms with van der Waals surface area (Å²) in [6.45, 7) is 7.95. The summed E-state index contributed by atoms with van der Waals surface area (Å²) in [5.41, 5.74) is 1.77. The molecule has 24 heavy (non-hydrogen) atoms. The van der Waals surface area contributed by atoms with Gasteiger partial charge in [0.25, 0.3) is 0 Å². The number of hydrogen-bond acceptors (Lipinski definition) is 4. The summed E-state index contributed by atoms with van der Waals surface area (Å²) in [5, 5.41) is 15.1. The van der Waals surface area contributed by atoms with E-state index in [0.29, 0.717) is 18.7 Å². The van der Waals surface area contributed by atoms with Crippen LogP contribution in [0.1, 0.15) is 45.0 Å². The molecule has 2 heterocycles. The van der Waals surface area contributed by atoms with Crippen molar-refractivity contribution in [2.45, 2.75) is 45.8 Å². The standard InChI is InChI=1S/C18H23N3O3/c1-12-15-14(10-11-20(12)17(23)24-18(2,3)4)16(22)21(19-15)13-8-6-5-7-9-13/h5-9,12,22H,10-11H2,1-4H3/t12-/m0/s1. The molecule has 0 bridgehead atoms. The third-order valence-corrected chi connectivity index (χ3v) is 4.08. The minimum absolute atomic E-state index is 0.145. The molecule has 1 aromatic carbocycles. The maximum Gasteiger partial charge on any atom is 0.410 e. The molecule has 2 aromatic rings. The lowest BCUT2D eigenvalue weighted by Gasteiger charge is -2.34. The van der Waals surface area contributed by atoms with Gasteiger partial charge in [0.2, 0.25) is 5.88 Å². The summed E-state index contributed by atoms with van der Waals surface area (Å²) in [4.78, 5) is 14.1. The number of ether oxygens (including phenoxy) is 1. The number of para-hydroxylation sites is 1. The number of nitrogens with zero attached hydrogens (tertiary/aromatic N) is 3. The van der Waals surface area contributed by atoms with E-state index in [2.05, 4.69) is 5.10 Å². The van der Waals surface area contributed by atoms with E-state index < -0.39 is 5.60 Å². The Hall–Kier alpha value is -2.50. The lowest BCUT2D eigenvalue weighted by molar-refractivity contribution is 0.0155. The number of carbonyl (C=O) groups is 1. The maximum atomic E-state index is 12.4. The van der Waals surface area contributed by atoms with Gasteiger partial charge in [0.05, 0.1) is 17.4 Å². The van der Waals surface area contributed by atoms with Crippen molar-refractivity contribution in [2.75, 3.05) is 6.54 Å². The highest BCUT2D eigenvalue weighted by Gasteiger charge is 2.35. The summed E-state index contributed by atoms with van der Waals surface area (Å²) in [7, 11) is 0. The van der Waals surface area contributed by atoms with Gasteiger partial charge < -0.3 is 9.84 Å². The number of benzene rings is 1. The molecular weight excluding hydrogens is 306 g/mol. The molecule has 3 rings (SSSR count). The molecular formula is C18H23N3O3. The van der Waals surface area contributed by atoms with Crippen LogP contribution in [-0.4, -0.2) is 38.0 Å². The molecule has 0 radical (unpaired) electrons. The van der Waals surface area contributed by atoms with Crippen molar-refractivity contribution in [3.8, 4) is 11.6 Å². The SMILES string of the molecule is C[C@H]1c2nn(-c3ccccc3)c(O)c2CCN1C(=O)OC(C)(C)C. The Balaban J connectivity index is 1.91. The number of aromatic hydroxyl groups is 1. The van der Waals surface area contributed by atoms with Gasteiger partial charge in [-0.3, -0.25) is 4.90 Å². The molecule has 0 saturated heterocycles. The normalized spacial score (nSPS) is 17.5. The third-order valence-electron chi connectivity index (χ3n) is 4.08. The van der Waals surface area contributed by atoms with Crippen LogP contribution in [0.5, 0.6) is 5.88 Å². The minimum atomic E-state index is -0.539. The number of amides is 1. The molecule has 0 fully saturated rings. The molecule has 0 spiro atoms. The highest BCUT2D eigenvalue weighted by Crippen LogP contribution is 2.36. The van der Waals surface area contributed by atoms with E-state index in [1.165, 1.54) is 4.68 Å². The Morgan fingerprint density at radius 1 is 1.29 bits per heavy atom. The van der Waals surface area contributed by atoms with E-state index in [1.807, 2.05) is 58.0 Å². The average Bonchev–Trinajstić information content (AvgIpc) is 2.85. The molecule has 1 aromatic heterocycles. The fraction of sp³-hybridized carbons (Fsp3) is 0.444. The van der Waals surface area contributed by atoms with Gasteiger partial charge in [-0.15, -0.1) is 0 Å². The zero-order valence-electron chi connectivity index (χ0n) is 14.5. The second kappa shape index (κ2) is 5.85. The predicted octanol–water partition coefficient (Wildman–Crippen LogP) is 3.43. The molecule has 1 N–H and O–H groups in total. The van der Waals surface area contributed by atoms with Gasteiger partial charge in [0.15, 0.2) is 0 Å². The van der Waals surface area contributed by atoms with E-state index in [-0.39, 0.29) is 18.0 Å². The van der Waals surface area contributed by atoms with Crippen LogP contribution in [0.2, 0.25) is 0 Å². The second-order valence-electron chi connectivity index (χ2n) is 7.03. The third kappa shape index (κ3) is 2.96. The molecule has 6 heteroatoms. The van der Waals surface area contributed by atoms with Crippen LogP contribution in [0.25, 0.3) is 5.69 Å². The summed E-state index contributed by atoms with van der Waals surface area (Å²) >= 11 is 0. The van der Waals surface area contributed by atoms with Crippen molar-refractivity contribution >= 4 is 6.09 Å². The van der Waals surface area contributed by atoms with Gasteiger partial charge in [0, 0.05) is 12.1 Å². The monoisotopic (exact) mass is 329 g/mol. The Bertz CT molecular complexity index is 747. The number of carbonyl (C=O) groups excluding carboxylic acids is 1. The average molecular weight is 329 g/mol. The molecule has 0 unspecified atom stereocenters. The summed E-state index contributed by atoms with van der Waals surface area (Å²) in [5.74, 6) is 0.145. The van der Waals surface area contributed by atoms with Crippen molar-refractivity contribution in [1.82, 2.24) is 14.7 Å². The van der Waals surface area contributed by atoms with Crippen LogP contribution < -0.4 is 0 Å². The molecule has 1 aliphatic heterocycles. The van der Waals surface area contributed by atoms with E-state index in [1.54, 1.807) is 4.90 Å².